The first-order valence-electron chi connectivity index (χ1n) is 13.9. The standard InChI is InChI=1S/C30H38N6O4S/c1-5-35(41(4,38)39)27-9-7-6-8-25(27)28-13-11-24-19-31-30(33-36(24)28)32-26-12-10-23(18-29(26)40-3)22-14-16-34(17-15-22)20-21(2)37/h6-13,18-19,21-22,37H,5,14-17,20H2,1-4H3,(H,32,33)/t21-/m1/s1. The van der Waals surface area contributed by atoms with Crippen LogP contribution in [0.1, 0.15) is 38.2 Å². The number of nitrogens with one attached hydrogen (secondary N) is 1. The molecule has 0 unspecified atom stereocenters. The number of benzene rings is 2. The molecule has 10 nitrogen and oxygen atoms in total. The number of aromatic nitrogens is 3. The van der Waals surface area contributed by atoms with E-state index in [1.165, 1.54) is 16.1 Å². The van der Waals surface area contributed by atoms with E-state index in [2.05, 4.69) is 27.3 Å². The van der Waals surface area contributed by atoms with Gasteiger partial charge in [0.25, 0.3) is 0 Å². The summed E-state index contributed by atoms with van der Waals surface area (Å²) in [4.78, 5) is 6.83. The molecule has 41 heavy (non-hydrogen) atoms. The van der Waals surface area contributed by atoms with Gasteiger partial charge in [0.05, 0.1) is 48.3 Å². The third-order valence-corrected chi connectivity index (χ3v) is 8.84. The van der Waals surface area contributed by atoms with E-state index >= 15 is 0 Å². The van der Waals surface area contributed by atoms with Crippen LogP contribution in [0.4, 0.5) is 17.3 Å². The van der Waals surface area contributed by atoms with Crippen LogP contribution in [0.25, 0.3) is 16.8 Å². The number of aliphatic hydroxyl groups is 1. The Balaban J connectivity index is 1.41. The van der Waals surface area contributed by atoms with E-state index in [0.29, 0.717) is 36.4 Å². The van der Waals surface area contributed by atoms with Crippen LogP contribution in [0.3, 0.4) is 0 Å². The highest BCUT2D eigenvalue weighted by atomic mass is 32.2. The number of anilines is 3. The van der Waals surface area contributed by atoms with Gasteiger partial charge in [0.1, 0.15) is 5.75 Å². The van der Waals surface area contributed by atoms with Gasteiger partial charge in [0.15, 0.2) is 0 Å². The van der Waals surface area contributed by atoms with E-state index in [1.807, 2.05) is 56.3 Å². The molecule has 11 heteroatoms. The molecule has 2 aromatic heterocycles. The van der Waals surface area contributed by atoms with Gasteiger partial charge in [0, 0.05) is 18.7 Å². The third kappa shape index (κ3) is 6.32. The zero-order chi connectivity index (χ0) is 29.1. The molecular weight excluding hydrogens is 540 g/mol. The van der Waals surface area contributed by atoms with Gasteiger partial charge in [-0.3, -0.25) is 4.31 Å². The number of likely N-dealkylation sites (tertiary alicyclic amines) is 1. The normalized spacial score (nSPS) is 15.6. The monoisotopic (exact) mass is 578 g/mol. The van der Waals surface area contributed by atoms with E-state index in [0.717, 1.165) is 48.4 Å². The van der Waals surface area contributed by atoms with Crippen LogP contribution in [0.15, 0.2) is 60.8 Å². The maximum absolute atomic E-state index is 12.5. The molecule has 0 bridgehead atoms. The summed E-state index contributed by atoms with van der Waals surface area (Å²) in [5.74, 6) is 1.54. The molecule has 1 aliphatic rings. The Labute approximate surface area is 241 Å². The number of methoxy groups -OCH3 is 1. The average Bonchev–Trinajstić information content (AvgIpc) is 3.36. The molecule has 1 saturated heterocycles. The molecule has 218 valence electrons. The van der Waals surface area contributed by atoms with Gasteiger partial charge < -0.3 is 20.1 Å². The molecule has 1 fully saturated rings. The highest BCUT2D eigenvalue weighted by molar-refractivity contribution is 7.92. The molecule has 3 heterocycles. The van der Waals surface area contributed by atoms with Crippen LogP contribution in [-0.4, -0.2) is 78.7 Å². The Morgan fingerprint density at radius 1 is 1.15 bits per heavy atom. The van der Waals surface area contributed by atoms with Crippen molar-refractivity contribution in [1.29, 1.82) is 0 Å². The van der Waals surface area contributed by atoms with Crippen LogP contribution in [0.2, 0.25) is 0 Å². The molecular formula is C30H38N6O4S. The third-order valence-electron chi connectivity index (χ3n) is 7.59. The van der Waals surface area contributed by atoms with Gasteiger partial charge in [-0.1, -0.05) is 24.3 Å². The van der Waals surface area contributed by atoms with Gasteiger partial charge in [-0.05, 0) is 81.6 Å². The van der Waals surface area contributed by atoms with Gasteiger partial charge in [-0.25, -0.2) is 17.9 Å². The number of piperidine rings is 1. The van der Waals surface area contributed by atoms with Crippen LogP contribution in [0.5, 0.6) is 5.75 Å². The Morgan fingerprint density at radius 2 is 1.90 bits per heavy atom. The molecule has 1 aliphatic heterocycles. The number of ether oxygens (including phenoxy) is 1. The lowest BCUT2D eigenvalue weighted by Crippen LogP contribution is -2.37. The Hall–Kier alpha value is -3.67. The predicted molar refractivity (Wildman–Crippen MR) is 163 cm³/mol. The molecule has 2 aromatic carbocycles. The zero-order valence-electron chi connectivity index (χ0n) is 24.0. The molecule has 5 rings (SSSR count). The molecule has 4 aromatic rings. The molecule has 0 saturated carbocycles. The van der Waals surface area contributed by atoms with Crippen molar-refractivity contribution >= 4 is 32.9 Å². The lowest BCUT2D eigenvalue weighted by atomic mass is 9.89. The minimum Gasteiger partial charge on any atom is -0.495 e. The van der Waals surface area contributed by atoms with Crippen molar-refractivity contribution in [3.05, 3.63) is 66.4 Å². The fourth-order valence-corrected chi connectivity index (χ4v) is 6.65. The summed E-state index contributed by atoms with van der Waals surface area (Å²) in [6, 6.07) is 17.5. The van der Waals surface area contributed by atoms with Gasteiger partial charge in [-0.15, -0.1) is 5.10 Å². The number of para-hydroxylation sites is 1. The summed E-state index contributed by atoms with van der Waals surface area (Å²) in [5.41, 5.74) is 4.88. The Bertz CT molecular complexity index is 1610. The smallest absolute Gasteiger partial charge is 0.245 e. The van der Waals surface area contributed by atoms with Crippen LogP contribution in [-0.2, 0) is 10.0 Å². The number of hydrogen-bond donors (Lipinski definition) is 2. The molecule has 0 spiro atoms. The van der Waals surface area contributed by atoms with Gasteiger partial charge in [-0.2, -0.15) is 0 Å². The van der Waals surface area contributed by atoms with Gasteiger partial charge in [0.2, 0.25) is 16.0 Å². The quantitative estimate of drug-likeness (QED) is 0.283. The highest BCUT2D eigenvalue weighted by Crippen LogP contribution is 2.36. The predicted octanol–water partition coefficient (Wildman–Crippen LogP) is 4.49. The molecule has 2 N–H and O–H groups in total. The van der Waals surface area contributed by atoms with E-state index in [4.69, 9.17) is 9.84 Å². The summed E-state index contributed by atoms with van der Waals surface area (Å²) in [7, 11) is -1.80. The van der Waals surface area contributed by atoms with Crippen molar-refractivity contribution in [3.8, 4) is 17.0 Å². The highest BCUT2D eigenvalue weighted by Gasteiger charge is 2.23. The first kappa shape index (κ1) is 28.8. The van der Waals surface area contributed by atoms with E-state index in [1.54, 1.807) is 17.8 Å². The Kier molecular flexibility index (Phi) is 8.48. The maximum Gasteiger partial charge on any atom is 0.245 e. The number of rotatable bonds is 10. The van der Waals surface area contributed by atoms with Crippen LogP contribution >= 0.6 is 0 Å². The SMILES string of the molecule is CCN(c1ccccc1-c1ccc2cnc(Nc3ccc(C4CCN(C[C@@H](C)O)CC4)cc3OC)nn12)S(C)(=O)=O. The number of sulfonamides is 1. The van der Waals surface area contributed by atoms with Crippen molar-refractivity contribution in [3.63, 3.8) is 0 Å². The van der Waals surface area contributed by atoms with E-state index in [-0.39, 0.29) is 6.10 Å². The minimum absolute atomic E-state index is 0.311. The summed E-state index contributed by atoms with van der Waals surface area (Å²) in [5, 5.41) is 17.8. The van der Waals surface area contributed by atoms with Crippen molar-refractivity contribution < 1.29 is 18.3 Å². The largest absolute Gasteiger partial charge is 0.495 e. The van der Waals surface area contributed by atoms with Crippen molar-refractivity contribution in [1.82, 2.24) is 19.5 Å². The van der Waals surface area contributed by atoms with Crippen LogP contribution < -0.4 is 14.4 Å². The summed E-state index contributed by atoms with van der Waals surface area (Å²) in [6.07, 6.45) is 4.71. The van der Waals surface area contributed by atoms with Gasteiger partial charge >= 0.3 is 0 Å². The second-order valence-corrected chi connectivity index (χ2v) is 12.5. The van der Waals surface area contributed by atoms with Crippen molar-refractivity contribution in [2.24, 2.45) is 0 Å². The van der Waals surface area contributed by atoms with E-state index in [9.17, 15) is 13.5 Å². The fraction of sp³-hybridized carbons (Fsp3) is 0.400. The molecule has 0 aliphatic carbocycles. The number of β-amino-alcohol motifs (C(OH)–C–C–N with tert-alkyl or cyclic N) is 1. The zero-order valence-corrected chi connectivity index (χ0v) is 24.8. The summed E-state index contributed by atoms with van der Waals surface area (Å²) >= 11 is 0. The van der Waals surface area contributed by atoms with Crippen molar-refractivity contribution in [2.45, 2.75) is 38.7 Å². The lowest BCUT2D eigenvalue weighted by molar-refractivity contribution is 0.109. The van der Waals surface area contributed by atoms with Crippen molar-refractivity contribution in [2.75, 3.05) is 49.2 Å². The fourth-order valence-electron chi connectivity index (χ4n) is 5.66. The number of aliphatic hydroxyl groups excluding tert-OH is 1. The number of nitrogens with zero attached hydrogens (tertiary/aromatic N) is 5. The average molecular weight is 579 g/mol. The second kappa shape index (κ2) is 12.1. The summed E-state index contributed by atoms with van der Waals surface area (Å²) in [6.45, 7) is 6.61. The molecule has 0 radical (unpaired) electrons. The molecule has 1 atom stereocenters. The number of hydrogen-bond acceptors (Lipinski definition) is 8. The van der Waals surface area contributed by atoms with Crippen LogP contribution in [0, 0.1) is 0 Å². The topological polar surface area (TPSA) is 112 Å². The number of fused-ring (bicyclic) bond motifs is 1. The Morgan fingerprint density at radius 3 is 2.59 bits per heavy atom. The maximum atomic E-state index is 12.5. The summed E-state index contributed by atoms with van der Waals surface area (Å²) < 4.78 is 33.9. The lowest BCUT2D eigenvalue weighted by Gasteiger charge is -2.33. The first-order valence-corrected chi connectivity index (χ1v) is 15.8. The molecule has 0 amide bonds. The first-order chi connectivity index (χ1) is 19.7. The minimum atomic E-state index is -3.46. The second-order valence-electron chi connectivity index (χ2n) is 10.6. The van der Waals surface area contributed by atoms with E-state index < -0.39 is 10.0 Å².